The summed E-state index contributed by atoms with van der Waals surface area (Å²) in [6, 6.07) is 0. The van der Waals surface area contributed by atoms with Crippen LogP contribution in [0.5, 0.6) is 0 Å². The minimum atomic E-state index is -0.808. The van der Waals surface area contributed by atoms with Crippen molar-refractivity contribution in [2.24, 2.45) is 17.8 Å². The van der Waals surface area contributed by atoms with Crippen molar-refractivity contribution in [2.75, 3.05) is 6.61 Å². The normalized spacial score (nSPS) is 24.1. The van der Waals surface area contributed by atoms with Gasteiger partial charge >= 0.3 is 5.97 Å². The van der Waals surface area contributed by atoms with E-state index < -0.39 is 11.9 Å². The van der Waals surface area contributed by atoms with E-state index in [-0.39, 0.29) is 30.0 Å². The van der Waals surface area contributed by atoms with E-state index in [1.807, 2.05) is 12.2 Å². The third-order valence-corrected chi connectivity index (χ3v) is 3.76. The molecule has 3 atom stereocenters. The number of hydrogen-bond acceptors (Lipinski definition) is 4. The van der Waals surface area contributed by atoms with Gasteiger partial charge in [0.2, 0.25) is 0 Å². The SMILES string of the molecule is CCCC=CC1C(=O)CCC1C(C(C)=O)C(=O)OCC. The Morgan fingerprint density at radius 1 is 1.40 bits per heavy atom. The van der Waals surface area contributed by atoms with Crippen molar-refractivity contribution in [3.05, 3.63) is 12.2 Å². The fourth-order valence-electron chi connectivity index (χ4n) is 2.80. The van der Waals surface area contributed by atoms with Crippen LogP contribution in [0.1, 0.15) is 46.5 Å². The van der Waals surface area contributed by atoms with Crippen molar-refractivity contribution >= 4 is 17.5 Å². The Hall–Kier alpha value is -1.45. The fraction of sp³-hybridized carbons (Fsp3) is 0.688. The first kappa shape index (κ1) is 16.6. The van der Waals surface area contributed by atoms with Gasteiger partial charge in [-0.15, -0.1) is 0 Å². The lowest BCUT2D eigenvalue weighted by molar-refractivity contribution is -0.153. The van der Waals surface area contributed by atoms with Crippen LogP contribution in [0.2, 0.25) is 0 Å². The molecular formula is C16H24O4. The molecule has 0 aliphatic heterocycles. The maximum atomic E-state index is 12.0. The summed E-state index contributed by atoms with van der Waals surface area (Å²) in [5.74, 6) is -1.95. The Kier molecular flexibility index (Phi) is 6.62. The minimum absolute atomic E-state index is 0.123. The molecule has 1 saturated carbocycles. The molecule has 4 heteroatoms. The maximum absolute atomic E-state index is 12.0. The summed E-state index contributed by atoms with van der Waals surface area (Å²) in [6.07, 6.45) is 6.79. The van der Waals surface area contributed by atoms with Gasteiger partial charge in [-0.2, -0.15) is 0 Å². The van der Waals surface area contributed by atoms with Crippen LogP contribution in [0, 0.1) is 17.8 Å². The molecule has 112 valence electrons. The standard InChI is InChI=1S/C16H24O4/c1-4-6-7-8-12-13(9-10-14(12)18)15(11(3)17)16(19)20-5-2/h7-8,12-13,15H,4-6,9-10H2,1-3H3. The van der Waals surface area contributed by atoms with Gasteiger partial charge in [0.15, 0.2) is 0 Å². The zero-order valence-electron chi connectivity index (χ0n) is 12.6. The second kappa shape index (κ2) is 7.98. The van der Waals surface area contributed by atoms with Crippen LogP contribution in [0.3, 0.4) is 0 Å². The second-order valence-corrected chi connectivity index (χ2v) is 5.25. The summed E-state index contributed by atoms with van der Waals surface area (Å²) in [7, 11) is 0. The number of ether oxygens (including phenoxy) is 1. The highest BCUT2D eigenvalue weighted by Crippen LogP contribution is 2.36. The molecule has 0 radical (unpaired) electrons. The number of esters is 1. The van der Waals surface area contributed by atoms with Gasteiger partial charge in [-0.05, 0) is 32.6 Å². The first-order valence-corrected chi connectivity index (χ1v) is 7.39. The molecule has 1 fully saturated rings. The highest BCUT2D eigenvalue weighted by Gasteiger charge is 2.43. The zero-order valence-corrected chi connectivity index (χ0v) is 12.6. The Labute approximate surface area is 120 Å². The third-order valence-electron chi connectivity index (χ3n) is 3.76. The van der Waals surface area contributed by atoms with Gasteiger partial charge in [-0.25, -0.2) is 0 Å². The van der Waals surface area contributed by atoms with Crippen molar-refractivity contribution in [3.63, 3.8) is 0 Å². The molecule has 0 bridgehead atoms. The minimum Gasteiger partial charge on any atom is -0.465 e. The molecule has 0 amide bonds. The van der Waals surface area contributed by atoms with E-state index in [2.05, 4.69) is 6.92 Å². The molecule has 1 aliphatic carbocycles. The molecule has 1 aliphatic rings. The highest BCUT2D eigenvalue weighted by atomic mass is 16.5. The van der Waals surface area contributed by atoms with Crippen molar-refractivity contribution in [3.8, 4) is 0 Å². The van der Waals surface area contributed by atoms with Crippen molar-refractivity contribution in [2.45, 2.75) is 46.5 Å². The summed E-state index contributed by atoms with van der Waals surface area (Å²) in [4.78, 5) is 35.7. The molecule has 3 unspecified atom stereocenters. The topological polar surface area (TPSA) is 60.4 Å². The van der Waals surface area contributed by atoms with Crippen LogP contribution >= 0.6 is 0 Å². The molecule has 0 saturated heterocycles. The summed E-state index contributed by atoms with van der Waals surface area (Å²) in [5.41, 5.74) is 0. The molecule has 0 aromatic heterocycles. The van der Waals surface area contributed by atoms with Gasteiger partial charge in [0.05, 0.1) is 6.61 Å². The number of carbonyl (C=O) groups excluding carboxylic acids is 3. The predicted molar refractivity (Wildman–Crippen MR) is 76.1 cm³/mol. The van der Waals surface area contributed by atoms with Crippen LogP contribution in [0.4, 0.5) is 0 Å². The third kappa shape index (κ3) is 4.02. The van der Waals surface area contributed by atoms with Crippen molar-refractivity contribution in [1.29, 1.82) is 0 Å². The number of Topliss-reactive ketones (excluding diaryl/α,β-unsaturated/α-hetero) is 2. The Morgan fingerprint density at radius 2 is 2.10 bits per heavy atom. The Morgan fingerprint density at radius 3 is 2.65 bits per heavy atom. The first-order valence-electron chi connectivity index (χ1n) is 7.39. The lowest BCUT2D eigenvalue weighted by Gasteiger charge is -2.22. The fourth-order valence-corrected chi connectivity index (χ4v) is 2.80. The zero-order chi connectivity index (χ0) is 15.1. The van der Waals surface area contributed by atoms with E-state index >= 15 is 0 Å². The van der Waals surface area contributed by atoms with Gasteiger partial charge in [-0.1, -0.05) is 25.5 Å². The summed E-state index contributed by atoms with van der Waals surface area (Å²) < 4.78 is 4.99. The van der Waals surface area contributed by atoms with E-state index in [0.29, 0.717) is 12.8 Å². The first-order chi connectivity index (χ1) is 9.52. The van der Waals surface area contributed by atoms with Gasteiger partial charge in [-0.3, -0.25) is 14.4 Å². The molecule has 4 nitrogen and oxygen atoms in total. The molecule has 0 spiro atoms. The van der Waals surface area contributed by atoms with Crippen LogP contribution in [0.25, 0.3) is 0 Å². The molecule has 0 heterocycles. The number of ketones is 2. The lowest BCUT2D eigenvalue weighted by atomic mass is 9.81. The van der Waals surface area contributed by atoms with Crippen LogP contribution in [-0.4, -0.2) is 24.1 Å². The number of hydrogen-bond donors (Lipinski definition) is 0. The number of allylic oxidation sites excluding steroid dienone is 2. The van der Waals surface area contributed by atoms with Gasteiger partial charge in [0.25, 0.3) is 0 Å². The summed E-state index contributed by atoms with van der Waals surface area (Å²) >= 11 is 0. The van der Waals surface area contributed by atoms with E-state index in [1.165, 1.54) is 6.92 Å². The average molecular weight is 280 g/mol. The molecular weight excluding hydrogens is 256 g/mol. The quantitative estimate of drug-likeness (QED) is 0.409. The van der Waals surface area contributed by atoms with Crippen LogP contribution in [-0.2, 0) is 19.1 Å². The molecule has 1 rings (SSSR count). The summed E-state index contributed by atoms with van der Waals surface area (Å²) in [5, 5.41) is 0. The van der Waals surface area contributed by atoms with Crippen LogP contribution in [0.15, 0.2) is 12.2 Å². The smallest absolute Gasteiger partial charge is 0.316 e. The van der Waals surface area contributed by atoms with E-state index in [9.17, 15) is 14.4 Å². The van der Waals surface area contributed by atoms with Crippen LogP contribution < -0.4 is 0 Å². The Balaban J connectivity index is 2.90. The van der Waals surface area contributed by atoms with Gasteiger partial charge in [0, 0.05) is 12.3 Å². The van der Waals surface area contributed by atoms with Crippen molar-refractivity contribution in [1.82, 2.24) is 0 Å². The average Bonchev–Trinajstić information content (AvgIpc) is 2.72. The second-order valence-electron chi connectivity index (χ2n) is 5.25. The number of carbonyl (C=O) groups is 3. The highest BCUT2D eigenvalue weighted by molar-refractivity contribution is 5.99. The molecule has 0 N–H and O–H groups in total. The van der Waals surface area contributed by atoms with E-state index in [0.717, 1.165) is 12.8 Å². The van der Waals surface area contributed by atoms with E-state index in [1.54, 1.807) is 6.92 Å². The van der Waals surface area contributed by atoms with E-state index in [4.69, 9.17) is 4.74 Å². The van der Waals surface area contributed by atoms with Crippen molar-refractivity contribution < 1.29 is 19.1 Å². The molecule has 20 heavy (non-hydrogen) atoms. The maximum Gasteiger partial charge on any atom is 0.316 e. The number of rotatable bonds is 7. The summed E-state index contributed by atoms with van der Waals surface area (Å²) in [6.45, 7) is 5.43. The largest absolute Gasteiger partial charge is 0.465 e. The Bertz CT molecular complexity index is 397. The lowest BCUT2D eigenvalue weighted by Crippen LogP contribution is -2.34. The number of unbranched alkanes of at least 4 members (excludes halogenated alkanes) is 1. The predicted octanol–water partition coefficient (Wildman–Crippen LogP) is 2.71. The van der Waals surface area contributed by atoms with Gasteiger partial charge < -0.3 is 4.74 Å². The molecule has 0 aromatic rings. The molecule has 0 aromatic carbocycles. The van der Waals surface area contributed by atoms with Gasteiger partial charge in [0.1, 0.15) is 17.5 Å². The monoisotopic (exact) mass is 280 g/mol.